The smallest absolute Gasteiger partial charge is 0.256 e. The van der Waals surface area contributed by atoms with E-state index in [1.54, 1.807) is 35.1 Å². The number of carbonyl (C=O) groups is 1. The second-order valence-electron chi connectivity index (χ2n) is 7.74. The maximum Gasteiger partial charge on any atom is 0.256 e. The van der Waals surface area contributed by atoms with Gasteiger partial charge in [0.25, 0.3) is 5.91 Å². The fraction of sp³-hybridized carbons (Fsp3) is 0.154. The van der Waals surface area contributed by atoms with Gasteiger partial charge in [0.1, 0.15) is 18.2 Å². The van der Waals surface area contributed by atoms with Crippen molar-refractivity contribution in [2.24, 2.45) is 0 Å². The average Bonchev–Trinajstić information content (AvgIpc) is 3.23. The molecule has 0 radical (unpaired) electrons. The molecule has 1 amide bonds. The van der Waals surface area contributed by atoms with E-state index in [4.69, 9.17) is 4.74 Å². The van der Waals surface area contributed by atoms with Gasteiger partial charge in [-0.3, -0.25) is 9.48 Å². The highest BCUT2D eigenvalue weighted by atomic mass is 19.1. The first-order valence-corrected chi connectivity index (χ1v) is 10.3. The molecule has 1 aromatic heterocycles. The number of aromatic nitrogens is 2. The zero-order valence-electron chi connectivity index (χ0n) is 18.0. The Kier molecular flexibility index (Phi) is 6.31. The van der Waals surface area contributed by atoms with E-state index in [9.17, 15) is 9.18 Å². The Hall–Kier alpha value is -3.93. The summed E-state index contributed by atoms with van der Waals surface area (Å²) in [7, 11) is 0. The molecule has 0 atom stereocenters. The number of carbonyl (C=O) groups excluding carboxylic acids is 1. The number of halogens is 1. The fourth-order valence-corrected chi connectivity index (χ4v) is 3.31. The standard InChI is InChI=1S/C26H24FN3O2/c1-18-6-7-19(2)24(14-18)32-17-21-4-3-5-22(15-21)26(31)28-25-12-13-30(29-25)16-20-8-10-23(27)11-9-20/h3-15H,16-17H2,1-2H3,(H,28,29,31). The number of rotatable bonds is 7. The largest absolute Gasteiger partial charge is 0.489 e. The lowest BCUT2D eigenvalue weighted by Crippen LogP contribution is -2.13. The highest BCUT2D eigenvalue weighted by Crippen LogP contribution is 2.21. The summed E-state index contributed by atoms with van der Waals surface area (Å²) in [5.41, 5.74) is 4.56. The van der Waals surface area contributed by atoms with Crippen LogP contribution >= 0.6 is 0 Å². The van der Waals surface area contributed by atoms with Gasteiger partial charge in [-0.1, -0.05) is 36.4 Å². The van der Waals surface area contributed by atoms with Crippen LogP contribution in [0, 0.1) is 19.7 Å². The minimum absolute atomic E-state index is 0.245. The molecule has 4 aromatic rings. The first-order valence-electron chi connectivity index (χ1n) is 10.3. The third-order valence-electron chi connectivity index (χ3n) is 5.07. The van der Waals surface area contributed by atoms with Gasteiger partial charge < -0.3 is 10.1 Å². The Morgan fingerprint density at radius 2 is 1.81 bits per heavy atom. The van der Waals surface area contributed by atoms with Gasteiger partial charge in [-0.15, -0.1) is 0 Å². The summed E-state index contributed by atoms with van der Waals surface area (Å²) < 4.78 is 20.7. The Morgan fingerprint density at radius 1 is 1.00 bits per heavy atom. The molecule has 5 nitrogen and oxygen atoms in total. The molecule has 0 saturated heterocycles. The monoisotopic (exact) mass is 429 g/mol. The van der Waals surface area contributed by atoms with Crippen molar-refractivity contribution >= 4 is 11.7 Å². The Bertz CT molecular complexity index is 1230. The van der Waals surface area contributed by atoms with Crippen molar-refractivity contribution in [3.05, 3.63) is 113 Å². The molecule has 6 heteroatoms. The number of amides is 1. The van der Waals surface area contributed by atoms with E-state index in [1.165, 1.54) is 12.1 Å². The molecule has 0 aliphatic carbocycles. The van der Waals surface area contributed by atoms with Crippen LogP contribution in [-0.4, -0.2) is 15.7 Å². The topological polar surface area (TPSA) is 56.1 Å². The molecule has 0 aliphatic rings. The molecule has 32 heavy (non-hydrogen) atoms. The Morgan fingerprint density at radius 3 is 2.62 bits per heavy atom. The van der Waals surface area contributed by atoms with Crippen LogP contribution in [0.4, 0.5) is 10.2 Å². The SMILES string of the molecule is Cc1ccc(C)c(OCc2cccc(C(=O)Nc3ccn(Cc4ccc(F)cc4)n3)c2)c1. The number of nitrogens with zero attached hydrogens (tertiary/aromatic N) is 2. The molecular weight excluding hydrogens is 405 g/mol. The molecule has 0 saturated carbocycles. The fourth-order valence-electron chi connectivity index (χ4n) is 3.31. The van der Waals surface area contributed by atoms with E-state index in [2.05, 4.69) is 10.4 Å². The quantitative estimate of drug-likeness (QED) is 0.421. The lowest BCUT2D eigenvalue weighted by Gasteiger charge is -2.11. The molecular formula is C26H24FN3O2. The number of ether oxygens (including phenoxy) is 1. The molecule has 0 bridgehead atoms. The Balaban J connectivity index is 1.38. The zero-order valence-corrected chi connectivity index (χ0v) is 18.0. The van der Waals surface area contributed by atoms with E-state index in [-0.39, 0.29) is 11.7 Å². The summed E-state index contributed by atoms with van der Waals surface area (Å²) in [5, 5.41) is 7.20. The van der Waals surface area contributed by atoms with Gasteiger partial charge in [-0.25, -0.2) is 4.39 Å². The van der Waals surface area contributed by atoms with E-state index < -0.39 is 0 Å². The molecule has 0 unspecified atom stereocenters. The van der Waals surface area contributed by atoms with E-state index >= 15 is 0 Å². The molecule has 1 N–H and O–H groups in total. The maximum atomic E-state index is 13.1. The van der Waals surface area contributed by atoms with E-state index in [0.717, 1.165) is 28.0 Å². The minimum atomic E-state index is -0.274. The molecule has 3 aromatic carbocycles. The van der Waals surface area contributed by atoms with Gasteiger partial charge in [0, 0.05) is 17.8 Å². The van der Waals surface area contributed by atoms with Gasteiger partial charge in [-0.2, -0.15) is 5.10 Å². The van der Waals surface area contributed by atoms with Crippen molar-refractivity contribution in [3.63, 3.8) is 0 Å². The van der Waals surface area contributed by atoms with Gasteiger partial charge in [-0.05, 0) is 66.4 Å². The number of anilines is 1. The van der Waals surface area contributed by atoms with Crippen molar-refractivity contribution in [1.82, 2.24) is 9.78 Å². The van der Waals surface area contributed by atoms with Crippen molar-refractivity contribution in [2.45, 2.75) is 27.0 Å². The highest BCUT2D eigenvalue weighted by molar-refractivity contribution is 6.03. The number of hydrogen-bond acceptors (Lipinski definition) is 3. The zero-order chi connectivity index (χ0) is 22.5. The van der Waals surface area contributed by atoms with Gasteiger partial charge in [0.15, 0.2) is 5.82 Å². The summed E-state index contributed by atoms with van der Waals surface area (Å²) in [6, 6.07) is 21.4. The second-order valence-corrected chi connectivity index (χ2v) is 7.74. The Labute approximate surface area is 186 Å². The van der Waals surface area contributed by atoms with Gasteiger partial charge in [0.2, 0.25) is 0 Å². The number of nitrogens with one attached hydrogen (secondary N) is 1. The lowest BCUT2D eigenvalue weighted by molar-refractivity contribution is 0.102. The van der Waals surface area contributed by atoms with Crippen molar-refractivity contribution in [3.8, 4) is 5.75 Å². The predicted octanol–water partition coefficient (Wildman–Crippen LogP) is 5.52. The molecule has 162 valence electrons. The van der Waals surface area contributed by atoms with Crippen LogP contribution in [0.3, 0.4) is 0 Å². The highest BCUT2D eigenvalue weighted by Gasteiger charge is 2.10. The normalized spacial score (nSPS) is 10.7. The summed E-state index contributed by atoms with van der Waals surface area (Å²) in [4.78, 5) is 12.7. The summed E-state index contributed by atoms with van der Waals surface area (Å²) in [6.07, 6.45) is 1.77. The third-order valence-corrected chi connectivity index (χ3v) is 5.07. The number of hydrogen-bond donors (Lipinski definition) is 1. The first-order chi connectivity index (χ1) is 15.5. The average molecular weight is 429 g/mol. The molecule has 4 rings (SSSR count). The molecule has 1 heterocycles. The van der Waals surface area contributed by atoms with Crippen LogP contribution in [-0.2, 0) is 13.2 Å². The summed E-state index contributed by atoms with van der Waals surface area (Å²) in [6.45, 7) is 4.89. The van der Waals surface area contributed by atoms with Crippen LogP contribution in [0.25, 0.3) is 0 Å². The van der Waals surface area contributed by atoms with Crippen LogP contribution in [0.1, 0.15) is 32.6 Å². The lowest BCUT2D eigenvalue weighted by atomic mass is 10.1. The molecule has 0 aliphatic heterocycles. The number of benzene rings is 3. The van der Waals surface area contributed by atoms with E-state index in [1.807, 2.05) is 50.2 Å². The molecule has 0 spiro atoms. The second kappa shape index (κ2) is 9.47. The van der Waals surface area contributed by atoms with Crippen LogP contribution < -0.4 is 10.1 Å². The summed E-state index contributed by atoms with van der Waals surface area (Å²) in [5.74, 6) is 0.773. The first kappa shape index (κ1) is 21.3. The van der Waals surface area contributed by atoms with Crippen LogP contribution in [0.15, 0.2) is 79.0 Å². The van der Waals surface area contributed by atoms with Crippen molar-refractivity contribution < 1.29 is 13.9 Å². The van der Waals surface area contributed by atoms with E-state index in [0.29, 0.717) is 24.5 Å². The summed E-state index contributed by atoms with van der Waals surface area (Å²) >= 11 is 0. The minimum Gasteiger partial charge on any atom is -0.489 e. The molecule has 0 fully saturated rings. The third kappa shape index (κ3) is 5.40. The van der Waals surface area contributed by atoms with Crippen molar-refractivity contribution in [2.75, 3.05) is 5.32 Å². The van der Waals surface area contributed by atoms with Crippen LogP contribution in [0.2, 0.25) is 0 Å². The van der Waals surface area contributed by atoms with Crippen molar-refractivity contribution in [1.29, 1.82) is 0 Å². The predicted molar refractivity (Wildman–Crippen MR) is 122 cm³/mol. The van der Waals surface area contributed by atoms with Gasteiger partial charge in [0.05, 0.1) is 6.54 Å². The van der Waals surface area contributed by atoms with Crippen LogP contribution in [0.5, 0.6) is 5.75 Å². The number of aryl methyl sites for hydroxylation is 2. The van der Waals surface area contributed by atoms with Gasteiger partial charge >= 0.3 is 0 Å². The maximum absolute atomic E-state index is 13.1.